The summed E-state index contributed by atoms with van der Waals surface area (Å²) in [7, 11) is 1.56. The largest absolute Gasteiger partial charge is 0.481 e. The molecule has 0 bridgehead atoms. The van der Waals surface area contributed by atoms with Gasteiger partial charge in [0.1, 0.15) is 5.82 Å². The van der Waals surface area contributed by atoms with E-state index >= 15 is 0 Å². The summed E-state index contributed by atoms with van der Waals surface area (Å²) in [5.74, 6) is 1.27. The van der Waals surface area contributed by atoms with Crippen LogP contribution in [0.2, 0.25) is 0 Å². The van der Waals surface area contributed by atoms with Gasteiger partial charge in [-0.1, -0.05) is 0 Å². The third-order valence-corrected chi connectivity index (χ3v) is 3.88. The molecule has 2 aromatic heterocycles. The Morgan fingerprint density at radius 3 is 2.91 bits per heavy atom. The molecule has 0 aliphatic carbocycles. The smallest absolute Gasteiger partial charge is 0.229 e. The first-order valence-electron chi connectivity index (χ1n) is 7.58. The van der Waals surface area contributed by atoms with Crippen molar-refractivity contribution in [2.24, 2.45) is 5.92 Å². The third kappa shape index (κ3) is 3.74. The topological polar surface area (TPSA) is 80.2 Å². The lowest BCUT2D eigenvalue weighted by molar-refractivity contribution is -0.120. The number of hydrogen-bond acceptors (Lipinski definition) is 6. The zero-order chi connectivity index (χ0) is 16.1. The van der Waals surface area contributed by atoms with Crippen molar-refractivity contribution in [1.82, 2.24) is 15.0 Å². The van der Waals surface area contributed by atoms with Crippen molar-refractivity contribution in [3.63, 3.8) is 0 Å². The third-order valence-electron chi connectivity index (χ3n) is 3.88. The van der Waals surface area contributed by atoms with E-state index in [4.69, 9.17) is 4.74 Å². The van der Waals surface area contributed by atoms with E-state index in [1.54, 1.807) is 44.0 Å². The molecule has 1 atom stereocenters. The average molecular weight is 313 g/mol. The Morgan fingerprint density at radius 1 is 1.30 bits per heavy atom. The number of nitrogens with one attached hydrogen (secondary N) is 1. The average Bonchev–Trinajstić information content (AvgIpc) is 2.63. The van der Waals surface area contributed by atoms with Gasteiger partial charge in [-0.05, 0) is 18.9 Å². The van der Waals surface area contributed by atoms with Gasteiger partial charge in [-0.2, -0.15) is 0 Å². The maximum Gasteiger partial charge on any atom is 0.229 e. The predicted octanol–water partition coefficient (Wildman–Crippen LogP) is 1.74. The number of anilines is 2. The van der Waals surface area contributed by atoms with Gasteiger partial charge < -0.3 is 15.0 Å². The normalized spacial score (nSPS) is 17.6. The molecular formula is C16H19N5O2. The van der Waals surface area contributed by atoms with Gasteiger partial charge in [-0.3, -0.25) is 9.78 Å². The summed E-state index contributed by atoms with van der Waals surface area (Å²) >= 11 is 0. The van der Waals surface area contributed by atoms with E-state index in [1.165, 1.54) is 0 Å². The zero-order valence-corrected chi connectivity index (χ0v) is 13.0. The van der Waals surface area contributed by atoms with E-state index in [1.807, 2.05) is 0 Å². The van der Waals surface area contributed by atoms with Gasteiger partial charge in [0.15, 0.2) is 0 Å². The molecule has 0 unspecified atom stereocenters. The van der Waals surface area contributed by atoms with Crippen LogP contribution in [0.1, 0.15) is 12.8 Å². The van der Waals surface area contributed by atoms with Crippen molar-refractivity contribution in [2.75, 3.05) is 30.4 Å². The number of pyridine rings is 1. The van der Waals surface area contributed by atoms with Crippen LogP contribution in [0.25, 0.3) is 0 Å². The molecule has 1 fully saturated rings. The molecule has 0 spiro atoms. The van der Waals surface area contributed by atoms with Gasteiger partial charge >= 0.3 is 0 Å². The highest BCUT2D eigenvalue weighted by molar-refractivity contribution is 5.92. The minimum absolute atomic E-state index is 0.00515. The van der Waals surface area contributed by atoms with Crippen LogP contribution < -0.4 is 15.0 Å². The maximum atomic E-state index is 12.5. The van der Waals surface area contributed by atoms with E-state index in [-0.39, 0.29) is 11.8 Å². The number of hydrogen-bond donors (Lipinski definition) is 1. The maximum absolute atomic E-state index is 12.5. The minimum atomic E-state index is -0.0761. The van der Waals surface area contributed by atoms with Crippen LogP contribution in [-0.4, -0.2) is 41.1 Å². The molecule has 1 aliphatic heterocycles. The quantitative estimate of drug-likeness (QED) is 0.926. The van der Waals surface area contributed by atoms with E-state index in [0.29, 0.717) is 18.1 Å². The van der Waals surface area contributed by atoms with Crippen LogP contribution >= 0.6 is 0 Å². The van der Waals surface area contributed by atoms with Crippen LogP contribution in [0.3, 0.4) is 0 Å². The van der Waals surface area contributed by atoms with E-state index < -0.39 is 0 Å². The Bertz CT molecular complexity index is 647. The molecule has 1 amide bonds. The van der Waals surface area contributed by atoms with Gasteiger partial charge in [0.05, 0.1) is 31.1 Å². The highest BCUT2D eigenvalue weighted by atomic mass is 16.5. The lowest BCUT2D eigenvalue weighted by Crippen LogP contribution is -2.41. The monoisotopic (exact) mass is 313 g/mol. The number of carbonyl (C=O) groups excluding carboxylic acids is 1. The fourth-order valence-corrected chi connectivity index (χ4v) is 2.67. The molecule has 3 rings (SSSR count). The van der Waals surface area contributed by atoms with Crippen molar-refractivity contribution in [1.29, 1.82) is 0 Å². The van der Waals surface area contributed by atoms with Crippen LogP contribution in [0.15, 0.2) is 36.9 Å². The molecule has 7 nitrogen and oxygen atoms in total. The fourth-order valence-electron chi connectivity index (χ4n) is 2.67. The number of methoxy groups -OCH3 is 1. The Morgan fingerprint density at radius 2 is 2.22 bits per heavy atom. The lowest BCUT2D eigenvalue weighted by Gasteiger charge is -2.32. The minimum Gasteiger partial charge on any atom is -0.481 e. The predicted molar refractivity (Wildman–Crippen MR) is 86.4 cm³/mol. The molecule has 2 aromatic rings. The molecule has 120 valence electrons. The van der Waals surface area contributed by atoms with Gasteiger partial charge in [0.2, 0.25) is 11.8 Å². The van der Waals surface area contributed by atoms with Crippen LogP contribution in [0.5, 0.6) is 5.88 Å². The number of piperidine rings is 1. The molecule has 3 heterocycles. The zero-order valence-electron chi connectivity index (χ0n) is 13.0. The van der Waals surface area contributed by atoms with Gasteiger partial charge in [-0.25, -0.2) is 9.97 Å². The summed E-state index contributed by atoms with van der Waals surface area (Å²) < 4.78 is 5.01. The molecule has 7 heteroatoms. The molecule has 1 saturated heterocycles. The first-order valence-corrected chi connectivity index (χ1v) is 7.58. The highest BCUT2D eigenvalue weighted by Gasteiger charge is 2.26. The second kappa shape index (κ2) is 7.04. The highest BCUT2D eigenvalue weighted by Crippen LogP contribution is 2.22. The van der Waals surface area contributed by atoms with Crippen molar-refractivity contribution in [3.05, 3.63) is 36.9 Å². The number of ether oxygens (including phenoxy) is 1. The molecule has 0 saturated carbocycles. The summed E-state index contributed by atoms with van der Waals surface area (Å²) in [6, 6.07) is 3.51. The molecule has 1 N–H and O–H groups in total. The van der Waals surface area contributed by atoms with E-state index in [2.05, 4.69) is 25.2 Å². The first-order chi connectivity index (χ1) is 11.3. The molecule has 1 aliphatic rings. The molecule has 0 aromatic carbocycles. The molecular weight excluding hydrogens is 294 g/mol. The Balaban J connectivity index is 1.62. The van der Waals surface area contributed by atoms with Crippen molar-refractivity contribution in [3.8, 4) is 5.88 Å². The fraction of sp³-hybridized carbons (Fsp3) is 0.375. The number of carbonyl (C=O) groups is 1. The van der Waals surface area contributed by atoms with Crippen LogP contribution in [0, 0.1) is 5.92 Å². The van der Waals surface area contributed by atoms with Gasteiger partial charge in [0.25, 0.3) is 0 Å². The SMILES string of the molecule is COc1ccc(NC(=O)[C@@H]2CCCN(c3cnccn3)C2)cn1. The second-order valence-electron chi connectivity index (χ2n) is 5.43. The summed E-state index contributed by atoms with van der Waals surface area (Å²) in [6.07, 6.45) is 8.46. The summed E-state index contributed by atoms with van der Waals surface area (Å²) in [5.41, 5.74) is 0.674. The standard InChI is InChI=1S/C16H19N5O2/c1-23-15-5-4-13(9-19-15)20-16(22)12-3-2-8-21(11-12)14-10-17-6-7-18-14/h4-7,9-10,12H,2-3,8,11H2,1H3,(H,20,22)/t12-/m1/s1. The lowest BCUT2D eigenvalue weighted by atomic mass is 9.97. The summed E-state index contributed by atoms with van der Waals surface area (Å²) in [5, 5.41) is 2.92. The first kappa shape index (κ1) is 15.2. The Kier molecular flexibility index (Phi) is 4.65. The van der Waals surface area contributed by atoms with E-state index in [0.717, 1.165) is 25.2 Å². The van der Waals surface area contributed by atoms with E-state index in [9.17, 15) is 4.79 Å². The van der Waals surface area contributed by atoms with Crippen molar-refractivity contribution < 1.29 is 9.53 Å². The number of nitrogens with zero attached hydrogens (tertiary/aromatic N) is 4. The number of rotatable bonds is 4. The van der Waals surface area contributed by atoms with Crippen molar-refractivity contribution in [2.45, 2.75) is 12.8 Å². The van der Waals surface area contributed by atoms with Crippen molar-refractivity contribution >= 4 is 17.4 Å². The Labute approximate surface area is 134 Å². The molecule has 0 radical (unpaired) electrons. The summed E-state index contributed by atoms with van der Waals surface area (Å²) in [4.78, 5) is 27.1. The Hall–Kier alpha value is -2.70. The van der Waals surface area contributed by atoms with Crippen LogP contribution in [0.4, 0.5) is 11.5 Å². The number of aromatic nitrogens is 3. The molecule has 23 heavy (non-hydrogen) atoms. The number of amides is 1. The van der Waals surface area contributed by atoms with Crippen LogP contribution in [-0.2, 0) is 4.79 Å². The summed E-state index contributed by atoms with van der Waals surface area (Å²) in [6.45, 7) is 1.54. The van der Waals surface area contributed by atoms with Gasteiger partial charge in [-0.15, -0.1) is 0 Å². The van der Waals surface area contributed by atoms with Gasteiger partial charge in [0, 0.05) is 31.5 Å². The second-order valence-corrected chi connectivity index (χ2v) is 5.43.